The second-order valence-corrected chi connectivity index (χ2v) is 10.8. The van der Waals surface area contributed by atoms with Gasteiger partial charge in [-0.15, -0.1) is 0 Å². The molecular weight excluding hydrogens is 502 g/mol. The van der Waals surface area contributed by atoms with Gasteiger partial charge in [0.15, 0.2) is 0 Å². The highest BCUT2D eigenvalue weighted by atomic mass is 32.2. The van der Waals surface area contributed by atoms with Crippen molar-refractivity contribution in [3.8, 4) is 11.6 Å². The molecule has 3 heterocycles. The first-order valence-electron chi connectivity index (χ1n) is 11.8. The van der Waals surface area contributed by atoms with Gasteiger partial charge < -0.3 is 4.74 Å². The molecule has 5 rings (SSSR count). The lowest BCUT2D eigenvalue weighted by Crippen LogP contribution is -2.31. The van der Waals surface area contributed by atoms with Gasteiger partial charge in [0.05, 0.1) is 10.9 Å². The molecule has 1 aliphatic heterocycles. The fourth-order valence-electron chi connectivity index (χ4n) is 4.42. The van der Waals surface area contributed by atoms with E-state index in [0.717, 1.165) is 22.3 Å². The van der Waals surface area contributed by atoms with Crippen molar-refractivity contribution < 1.29 is 9.53 Å². The summed E-state index contributed by atoms with van der Waals surface area (Å²) in [6, 6.07) is 19.0. The molecule has 1 atom stereocenters. The van der Waals surface area contributed by atoms with E-state index in [4.69, 9.17) is 21.9 Å². The van der Waals surface area contributed by atoms with Gasteiger partial charge in [-0.05, 0) is 74.2 Å². The lowest BCUT2D eigenvalue weighted by atomic mass is 10.1. The van der Waals surface area contributed by atoms with E-state index in [9.17, 15) is 9.59 Å². The normalized spacial score (nSPS) is 15.6. The molecule has 1 aliphatic rings. The van der Waals surface area contributed by atoms with Crippen LogP contribution in [0.1, 0.15) is 40.8 Å². The van der Waals surface area contributed by atoms with Crippen LogP contribution in [0.15, 0.2) is 76.6 Å². The standard InChI is InChI=1S/C29H25N3O3S2/c1-17-13-18(2)15-22(14-17)35-26-23(27(33)31-12-8-9-19(3)25(31)30-26)16-24-28(34)32(29(36)37-24)20(4)21-10-6-5-7-11-21/h5-16,20H,1-4H3/b24-16+. The number of thiocarbonyl (C=S) groups is 1. The van der Waals surface area contributed by atoms with E-state index in [0.29, 0.717) is 20.6 Å². The predicted molar refractivity (Wildman–Crippen MR) is 152 cm³/mol. The van der Waals surface area contributed by atoms with Crippen molar-refractivity contribution in [2.75, 3.05) is 0 Å². The maximum absolute atomic E-state index is 13.7. The van der Waals surface area contributed by atoms with Gasteiger partial charge in [0.1, 0.15) is 21.3 Å². The highest BCUT2D eigenvalue weighted by Crippen LogP contribution is 2.38. The van der Waals surface area contributed by atoms with Crippen LogP contribution in [0, 0.1) is 20.8 Å². The van der Waals surface area contributed by atoms with Crippen molar-refractivity contribution in [1.82, 2.24) is 14.3 Å². The number of benzene rings is 2. The van der Waals surface area contributed by atoms with Gasteiger partial charge in [0.25, 0.3) is 11.5 Å². The number of carbonyl (C=O) groups is 1. The van der Waals surface area contributed by atoms with Crippen LogP contribution in [0.3, 0.4) is 0 Å². The Kier molecular flexibility index (Phi) is 6.70. The fraction of sp³-hybridized carbons (Fsp3) is 0.172. The van der Waals surface area contributed by atoms with Crippen molar-refractivity contribution in [2.24, 2.45) is 0 Å². The summed E-state index contributed by atoms with van der Waals surface area (Å²) in [4.78, 5) is 33.8. The molecule has 0 radical (unpaired) electrons. The third-order valence-corrected chi connectivity index (χ3v) is 7.56. The van der Waals surface area contributed by atoms with Gasteiger partial charge in [-0.25, -0.2) is 0 Å². The summed E-state index contributed by atoms with van der Waals surface area (Å²) < 4.78 is 8.11. The Morgan fingerprint density at radius 1 is 1.00 bits per heavy atom. The van der Waals surface area contributed by atoms with Crippen LogP contribution in [-0.4, -0.2) is 24.5 Å². The van der Waals surface area contributed by atoms with Gasteiger partial charge >= 0.3 is 0 Å². The maximum atomic E-state index is 13.7. The minimum atomic E-state index is -0.325. The molecule has 1 amide bonds. The maximum Gasteiger partial charge on any atom is 0.269 e. The Bertz CT molecular complexity index is 1620. The molecule has 2 aromatic heterocycles. The Hall–Kier alpha value is -3.75. The number of nitrogens with zero attached hydrogens (tertiary/aromatic N) is 3. The van der Waals surface area contributed by atoms with Gasteiger partial charge in [-0.3, -0.25) is 18.9 Å². The molecule has 0 N–H and O–H groups in total. The number of fused-ring (bicyclic) bond motifs is 1. The topological polar surface area (TPSA) is 63.9 Å². The van der Waals surface area contributed by atoms with Crippen LogP contribution < -0.4 is 10.3 Å². The number of rotatable bonds is 5. The first-order valence-corrected chi connectivity index (χ1v) is 13.1. The van der Waals surface area contributed by atoms with Gasteiger partial charge in [-0.1, -0.05) is 66.4 Å². The van der Waals surface area contributed by atoms with Gasteiger partial charge in [-0.2, -0.15) is 4.98 Å². The summed E-state index contributed by atoms with van der Waals surface area (Å²) in [6.07, 6.45) is 3.22. The summed E-state index contributed by atoms with van der Waals surface area (Å²) in [7, 11) is 0. The number of thioether (sulfide) groups is 1. The summed E-state index contributed by atoms with van der Waals surface area (Å²) in [6.45, 7) is 7.78. The predicted octanol–water partition coefficient (Wildman–Crippen LogP) is 6.37. The Balaban J connectivity index is 1.62. The second-order valence-electron chi connectivity index (χ2n) is 9.08. The molecule has 4 aromatic rings. The van der Waals surface area contributed by atoms with E-state index in [1.165, 1.54) is 16.2 Å². The minimum Gasteiger partial charge on any atom is -0.438 e. The zero-order valence-corrected chi connectivity index (χ0v) is 22.5. The van der Waals surface area contributed by atoms with Crippen LogP contribution in [0.25, 0.3) is 11.7 Å². The lowest BCUT2D eigenvalue weighted by Gasteiger charge is -2.23. The van der Waals surface area contributed by atoms with E-state index < -0.39 is 0 Å². The average Bonchev–Trinajstić information content (AvgIpc) is 3.14. The number of carbonyl (C=O) groups excluding carboxylic acids is 1. The Morgan fingerprint density at radius 3 is 2.41 bits per heavy atom. The largest absolute Gasteiger partial charge is 0.438 e. The quantitative estimate of drug-likeness (QED) is 0.222. The molecular formula is C29H25N3O3S2. The first kappa shape index (κ1) is 24.9. The fourth-order valence-corrected chi connectivity index (χ4v) is 5.82. The molecule has 1 fully saturated rings. The van der Waals surface area contributed by atoms with E-state index >= 15 is 0 Å². The van der Waals surface area contributed by atoms with Crippen LogP contribution in [-0.2, 0) is 4.79 Å². The first-order chi connectivity index (χ1) is 17.7. The minimum absolute atomic E-state index is 0.144. The number of hydrogen-bond acceptors (Lipinski definition) is 6. The second kappa shape index (κ2) is 9.95. The van der Waals surface area contributed by atoms with Crippen LogP contribution in [0.4, 0.5) is 0 Å². The monoisotopic (exact) mass is 527 g/mol. The molecule has 1 unspecified atom stereocenters. The molecule has 0 spiro atoms. The van der Waals surface area contributed by atoms with Crippen molar-refractivity contribution in [1.29, 1.82) is 0 Å². The zero-order chi connectivity index (χ0) is 26.3. The number of pyridine rings is 1. The molecule has 2 aromatic carbocycles. The van der Waals surface area contributed by atoms with Gasteiger partial charge in [0, 0.05) is 6.20 Å². The van der Waals surface area contributed by atoms with Crippen LogP contribution in [0.5, 0.6) is 11.6 Å². The van der Waals surface area contributed by atoms with Crippen LogP contribution >= 0.6 is 24.0 Å². The summed E-state index contributed by atoms with van der Waals surface area (Å²) in [5.41, 5.74) is 4.22. The van der Waals surface area contributed by atoms with Gasteiger partial charge in [0.2, 0.25) is 5.88 Å². The van der Waals surface area contributed by atoms with Crippen molar-refractivity contribution in [2.45, 2.75) is 33.7 Å². The van der Waals surface area contributed by atoms with E-state index in [2.05, 4.69) is 0 Å². The van der Waals surface area contributed by atoms with Crippen LogP contribution in [0.2, 0.25) is 0 Å². The number of aromatic nitrogens is 2. The SMILES string of the molecule is Cc1cc(C)cc(Oc2nc3c(C)cccn3c(=O)c2/C=C2/SC(=S)N(C(C)c3ccccc3)C2=O)c1. The summed E-state index contributed by atoms with van der Waals surface area (Å²) >= 11 is 6.75. The number of aryl methyl sites for hydroxylation is 3. The van der Waals surface area contributed by atoms with E-state index in [1.54, 1.807) is 23.2 Å². The highest BCUT2D eigenvalue weighted by molar-refractivity contribution is 8.26. The molecule has 8 heteroatoms. The average molecular weight is 528 g/mol. The smallest absolute Gasteiger partial charge is 0.269 e. The Labute approximate surface area is 224 Å². The highest BCUT2D eigenvalue weighted by Gasteiger charge is 2.36. The van der Waals surface area contributed by atoms with Crippen molar-refractivity contribution in [3.63, 3.8) is 0 Å². The Morgan fingerprint density at radius 2 is 1.70 bits per heavy atom. The third-order valence-electron chi connectivity index (χ3n) is 6.23. The zero-order valence-electron chi connectivity index (χ0n) is 20.9. The molecule has 0 bridgehead atoms. The lowest BCUT2D eigenvalue weighted by molar-refractivity contribution is -0.123. The number of amides is 1. The molecule has 186 valence electrons. The van der Waals surface area contributed by atoms with E-state index in [1.807, 2.05) is 82.3 Å². The molecule has 1 saturated heterocycles. The van der Waals surface area contributed by atoms with E-state index in [-0.39, 0.29) is 29.0 Å². The molecule has 0 aliphatic carbocycles. The molecule has 6 nitrogen and oxygen atoms in total. The third kappa shape index (κ3) is 4.82. The molecule has 37 heavy (non-hydrogen) atoms. The summed E-state index contributed by atoms with van der Waals surface area (Å²) in [5, 5.41) is 0. The summed E-state index contributed by atoms with van der Waals surface area (Å²) in [5.74, 6) is 0.463. The van der Waals surface area contributed by atoms with Crippen molar-refractivity contribution in [3.05, 3.63) is 110 Å². The number of ether oxygens (including phenoxy) is 1. The molecule has 0 saturated carbocycles. The number of hydrogen-bond donors (Lipinski definition) is 0. The van der Waals surface area contributed by atoms with Crippen molar-refractivity contribution >= 4 is 45.9 Å².